The molecule has 0 aliphatic heterocycles. The van der Waals surface area contributed by atoms with Gasteiger partial charge in [-0.2, -0.15) is 0 Å². The molecule has 0 saturated carbocycles. The van der Waals surface area contributed by atoms with Crippen LogP contribution in [0.25, 0.3) is 10.8 Å². The summed E-state index contributed by atoms with van der Waals surface area (Å²) < 4.78 is 5.31. The molecule has 2 rings (SSSR count). The average molecular weight is 287 g/mol. The Morgan fingerprint density at radius 1 is 1.29 bits per heavy atom. The van der Waals surface area contributed by atoms with Gasteiger partial charge in [-0.1, -0.05) is 24.3 Å². The van der Waals surface area contributed by atoms with Crippen molar-refractivity contribution in [2.75, 3.05) is 26.0 Å². The van der Waals surface area contributed by atoms with Crippen molar-refractivity contribution in [3.05, 3.63) is 36.0 Å². The van der Waals surface area contributed by atoms with Gasteiger partial charge in [0.05, 0.1) is 11.2 Å². The first-order valence-electron chi connectivity index (χ1n) is 6.87. The summed E-state index contributed by atoms with van der Waals surface area (Å²) in [5, 5.41) is 7.74. The van der Waals surface area contributed by atoms with Gasteiger partial charge in [0.1, 0.15) is 5.82 Å². The molecule has 5 nitrogen and oxygen atoms in total. The number of nitrogens with one attached hydrogen (secondary N) is 2. The van der Waals surface area contributed by atoms with E-state index >= 15 is 0 Å². The molecule has 0 aliphatic rings. The fourth-order valence-corrected chi connectivity index (χ4v) is 2.03. The predicted molar refractivity (Wildman–Crippen MR) is 84.7 cm³/mol. The summed E-state index contributed by atoms with van der Waals surface area (Å²) in [4.78, 5) is 16.7. The summed E-state index contributed by atoms with van der Waals surface area (Å²) in [5.41, 5.74) is 0.167. The molecule has 0 fully saturated rings. The number of hydrogen-bond acceptors (Lipinski definition) is 4. The van der Waals surface area contributed by atoms with Crippen LogP contribution in [0.3, 0.4) is 0 Å². The van der Waals surface area contributed by atoms with Crippen molar-refractivity contribution in [1.82, 2.24) is 10.3 Å². The monoisotopic (exact) mass is 287 g/mol. The zero-order valence-electron chi connectivity index (χ0n) is 12.9. The van der Waals surface area contributed by atoms with Crippen molar-refractivity contribution >= 4 is 22.5 Å². The summed E-state index contributed by atoms with van der Waals surface area (Å²) in [6, 6.07) is 7.72. The molecule has 112 valence electrons. The van der Waals surface area contributed by atoms with Crippen LogP contribution in [0.1, 0.15) is 24.2 Å². The van der Waals surface area contributed by atoms with Gasteiger partial charge in [-0.15, -0.1) is 0 Å². The number of rotatable bonds is 5. The fourth-order valence-electron chi connectivity index (χ4n) is 2.03. The lowest BCUT2D eigenvalue weighted by atomic mass is 10.1. The topological polar surface area (TPSA) is 63.2 Å². The number of nitrogens with zero attached hydrogens (tertiary/aromatic N) is 1. The van der Waals surface area contributed by atoms with Crippen LogP contribution in [0, 0.1) is 0 Å². The maximum absolute atomic E-state index is 12.4. The van der Waals surface area contributed by atoms with Crippen LogP contribution in [0.2, 0.25) is 0 Å². The van der Waals surface area contributed by atoms with Gasteiger partial charge >= 0.3 is 0 Å². The molecule has 2 N–H and O–H groups in total. The van der Waals surface area contributed by atoms with Crippen molar-refractivity contribution in [3.63, 3.8) is 0 Å². The summed E-state index contributed by atoms with van der Waals surface area (Å²) >= 11 is 0. The van der Waals surface area contributed by atoms with Gasteiger partial charge in [-0.05, 0) is 19.2 Å². The maximum Gasteiger partial charge on any atom is 0.253 e. The lowest BCUT2D eigenvalue weighted by Gasteiger charge is -2.23. The Morgan fingerprint density at radius 2 is 1.95 bits per heavy atom. The van der Waals surface area contributed by atoms with E-state index in [2.05, 4.69) is 15.6 Å². The first-order chi connectivity index (χ1) is 9.98. The van der Waals surface area contributed by atoms with E-state index in [4.69, 9.17) is 4.74 Å². The lowest BCUT2D eigenvalue weighted by molar-refractivity contribution is 0.0229. The zero-order valence-corrected chi connectivity index (χ0v) is 12.9. The van der Waals surface area contributed by atoms with Gasteiger partial charge in [-0.3, -0.25) is 4.79 Å². The molecule has 2 aromatic rings. The summed E-state index contributed by atoms with van der Waals surface area (Å²) in [6.45, 7) is 4.28. The van der Waals surface area contributed by atoms with Gasteiger partial charge in [-0.25, -0.2) is 4.98 Å². The highest BCUT2D eigenvalue weighted by molar-refractivity contribution is 6.09. The number of amides is 1. The van der Waals surface area contributed by atoms with E-state index in [-0.39, 0.29) is 5.91 Å². The van der Waals surface area contributed by atoms with Gasteiger partial charge in [0.15, 0.2) is 0 Å². The molecular weight excluding hydrogens is 266 g/mol. The normalized spacial score (nSPS) is 11.4. The number of benzene rings is 1. The molecule has 0 bridgehead atoms. The highest BCUT2D eigenvalue weighted by atomic mass is 16.5. The van der Waals surface area contributed by atoms with Gasteiger partial charge < -0.3 is 15.4 Å². The molecule has 0 radical (unpaired) electrons. The first kappa shape index (κ1) is 15.3. The third-order valence-corrected chi connectivity index (χ3v) is 3.50. The van der Waals surface area contributed by atoms with E-state index in [0.717, 1.165) is 16.6 Å². The third-order valence-electron chi connectivity index (χ3n) is 3.50. The van der Waals surface area contributed by atoms with E-state index < -0.39 is 5.60 Å². The molecule has 5 heteroatoms. The summed E-state index contributed by atoms with van der Waals surface area (Å²) in [5.74, 6) is 0.617. The minimum atomic E-state index is -0.399. The Kier molecular flexibility index (Phi) is 4.43. The van der Waals surface area contributed by atoms with Crippen molar-refractivity contribution in [2.24, 2.45) is 0 Å². The molecular formula is C16H21N3O2. The Hall–Kier alpha value is -2.14. The first-order valence-corrected chi connectivity index (χ1v) is 6.87. The van der Waals surface area contributed by atoms with Gasteiger partial charge in [0, 0.05) is 32.3 Å². The molecule has 0 saturated heterocycles. The average Bonchev–Trinajstić information content (AvgIpc) is 2.51. The van der Waals surface area contributed by atoms with Crippen LogP contribution in [0.4, 0.5) is 5.82 Å². The van der Waals surface area contributed by atoms with Crippen molar-refractivity contribution in [3.8, 4) is 0 Å². The molecule has 1 aromatic heterocycles. The largest absolute Gasteiger partial charge is 0.377 e. The minimum absolute atomic E-state index is 0.147. The standard InChI is InChI=1S/C16H21N3O2/c1-16(2,21-4)10-19-15(20)13-9-18-14(17-3)12-8-6-5-7-11(12)13/h5-9H,10H2,1-4H3,(H,17,18)(H,19,20). The second kappa shape index (κ2) is 6.10. The molecule has 0 spiro atoms. The van der Waals surface area contributed by atoms with Gasteiger partial charge in [0.2, 0.25) is 0 Å². The summed E-state index contributed by atoms with van der Waals surface area (Å²) in [7, 11) is 3.44. The number of fused-ring (bicyclic) bond motifs is 1. The molecule has 1 heterocycles. The minimum Gasteiger partial charge on any atom is -0.377 e. The number of carbonyl (C=O) groups is 1. The number of aromatic nitrogens is 1. The lowest BCUT2D eigenvalue weighted by Crippen LogP contribution is -2.39. The molecule has 1 aromatic carbocycles. The number of anilines is 1. The Bertz CT molecular complexity index is 653. The van der Waals surface area contributed by atoms with Crippen LogP contribution in [0.5, 0.6) is 0 Å². The van der Waals surface area contributed by atoms with Gasteiger partial charge in [0.25, 0.3) is 5.91 Å². The van der Waals surface area contributed by atoms with Crippen LogP contribution in [-0.2, 0) is 4.74 Å². The fraction of sp³-hybridized carbons (Fsp3) is 0.375. The molecule has 0 atom stereocenters. The van der Waals surface area contributed by atoms with Crippen molar-refractivity contribution < 1.29 is 9.53 Å². The van der Waals surface area contributed by atoms with E-state index in [1.165, 1.54) is 0 Å². The highest BCUT2D eigenvalue weighted by Crippen LogP contribution is 2.24. The quantitative estimate of drug-likeness (QED) is 0.886. The molecule has 21 heavy (non-hydrogen) atoms. The predicted octanol–water partition coefficient (Wildman–Crippen LogP) is 2.43. The van der Waals surface area contributed by atoms with Crippen molar-refractivity contribution in [2.45, 2.75) is 19.4 Å². The maximum atomic E-state index is 12.4. The van der Waals surface area contributed by atoms with E-state index in [9.17, 15) is 4.79 Å². The van der Waals surface area contributed by atoms with E-state index in [0.29, 0.717) is 12.1 Å². The number of ether oxygens (including phenoxy) is 1. The third kappa shape index (κ3) is 3.31. The van der Waals surface area contributed by atoms with Crippen LogP contribution < -0.4 is 10.6 Å². The van der Waals surface area contributed by atoms with Crippen LogP contribution >= 0.6 is 0 Å². The Labute approximate surface area is 124 Å². The number of carbonyl (C=O) groups excluding carboxylic acids is 1. The zero-order chi connectivity index (χ0) is 15.5. The Morgan fingerprint density at radius 3 is 2.57 bits per heavy atom. The highest BCUT2D eigenvalue weighted by Gasteiger charge is 2.19. The van der Waals surface area contributed by atoms with Crippen LogP contribution in [-0.4, -0.2) is 37.2 Å². The summed E-state index contributed by atoms with van der Waals surface area (Å²) in [6.07, 6.45) is 1.60. The smallest absolute Gasteiger partial charge is 0.253 e. The number of methoxy groups -OCH3 is 1. The Balaban J connectivity index is 2.32. The van der Waals surface area contributed by atoms with Crippen molar-refractivity contribution in [1.29, 1.82) is 0 Å². The molecule has 0 aliphatic carbocycles. The number of hydrogen-bond donors (Lipinski definition) is 2. The molecule has 1 amide bonds. The van der Waals surface area contributed by atoms with E-state index in [1.807, 2.05) is 45.2 Å². The SMILES string of the molecule is CNc1ncc(C(=O)NCC(C)(C)OC)c2ccccc12. The second-order valence-corrected chi connectivity index (χ2v) is 5.46. The second-order valence-electron chi connectivity index (χ2n) is 5.46. The number of pyridine rings is 1. The van der Waals surface area contributed by atoms with E-state index in [1.54, 1.807) is 13.3 Å². The molecule has 0 unspecified atom stereocenters. The van der Waals surface area contributed by atoms with Crippen LogP contribution in [0.15, 0.2) is 30.5 Å².